The molecule has 1 heterocycles. The first-order valence-corrected chi connectivity index (χ1v) is 13.5. The fourth-order valence-corrected chi connectivity index (χ4v) is 5.74. The number of hydrogen-bond acceptors (Lipinski definition) is 6. The summed E-state index contributed by atoms with van der Waals surface area (Å²) in [5, 5.41) is 17.4. The summed E-state index contributed by atoms with van der Waals surface area (Å²) in [7, 11) is 0. The lowest BCUT2D eigenvalue weighted by atomic mass is 9.72. The summed E-state index contributed by atoms with van der Waals surface area (Å²) in [6, 6.07) is 7.50. The lowest BCUT2D eigenvalue weighted by molar-refractivity contribution is -0.133. The smallest absolute Gasteiger partial charge is 0.237 e. The number of fused-ring (bicyclic) bond motifs is 1. The molecule has 0 radical (unpaired) electrons. The van der Waals surface area contributed by atoms with E-state index in [-0.39, 0.29) is 30.5 Å². The standard InChI is InChI=1S/C28H45N5O4/c1-28(2,3)32-27(37)23-14-19-11-7-8-12-20(19)16-33(23)17-24(34)22(13-18-9-5-4-6-10-18)31-26(36)21(29)15-25(30)35/h4-6,9-10,19-24,34H,7-8,11-17,29H2,1-3H3,(H2,30,35)(H,31,36)(H,32,37)/t19-,20+,21?,22?,23?,24+/m1/s1. The molecule has 0 aromatic heterocycles. The maximum atomic E-state index is 13.3. The summed E-state index contributed by atoms with van der Waals surface area (Å²) >= 11 is 0. The molecular formula is C28H45N5O4. The van der Waals surface area contributed by atoms with Crippen molar-refractivity contribution in [3.8, 4) is 0 Å². The molecule has 3 rings (SSSR count). The van der Waals surface area contributed by atoms with Crippen LogP contribution in [0, 0.1) is 11.8 Å². The number of nitrogens with zero attached hydrogens (tertiary/aromatic N) is 1. The number of aliphatic hydroxyl groups excluding tert-OH is 1. The van der Waals surface area contributed by atoms with Gasteiger partial charge in [0.1, 0.15) is 0 Å². The second-order valence-corrected chi connectivity index (χ2v) is 11.9. The Morgan fingerprint density at radius 3 is 2.38 bits per heavy atom. The lowest BCUT2D eigenvalue weighted by Gasteiger charge is -2.47. The van der Waals surface area contributed by atoms with Crippen molar-refractivity contribution in [2.45, 2.75) is 95.5 Å². The maximum Gasteiger partial charge on any atom is 0.237 e. The van der Waals surface area contributed by atoms with E-state index in [4.69, 9.17) is 11.5 Å². The molecule has 9 heteroatoms. The highest BCUT2D eigenvalue weighted by molar-refractivity contribution is 5.87. The van der Waals surface area contributed by atoms with Gasteiger partial charge in [0.2, 0.25) is 17.7 Å². The van der Waals surface area contributed by atoms with Gasteiger partial charge in [-0.3, -0.25) is 19.3 Å². The molecule has 1 aromatic carbocycles. The molecule has 7 N–H and O–H groups in total. The number of nitrogens with one attached hydrogen (secondary N) is 2. The van der Waals surface area contributed by atoms with Gasteiger partial charge in [-0.05, 0) is 57.4 Å². The van der Waals surface area contributed by atoms with Gasteiger partial charge in [0.05, 0.1) is 30.7 Å². The summed E-state index contributed by atoms with van der Waals surface area (Å²) in [6.45, 7) is 6.90. The molecule has 3 amide bonds. The zero-order valence-electron chi connectivity index (χ0n) is 22.5. The molecule has 3 unspecified atom stereocenters. The quantitative estimate of drug-likeness (QED) is 0.315. The first-order valence-electron chi connectivity index (χ1n) is 13.5. The molecule has 206 valence electrons. The highest BCUT2D eigenvalue weighted by Crippen LogP contribution is 2.39. The molecule has 1 saturated carbocycles. The van der Waals surface area contributed by atoms with Crippen LogP contribution in [0.5, 0.6) is 0 Å². The van der Waals surface area contributed by atoms with Crippen LogP contribution >= 0.6 is 0 Å². The molecule has 1 aliphatic heterocycles. The minimum Gasteiger partial charge on any atom is -0.390 e. The normalized spacial score (nSPS) is 24.8. The Morgan fingerprint density at radius 1 is 1.11 bits per heavy atom. The molecule has 2 aliphatic rings. The maximum absolute atomic E-state index is 13.3. The van der Waals surface area contributed by atoms with Gasteiger partial charge in [-0.15, -0.1) is 0 Å². The predicted molar refractivity (Wildman–Crippen MR) is 143 cm³/mol. The second kappa shape index (κ2) is 12.8. The first-order chi connectivity index (χ1) is 17.4. The number of carbonyl (C=O) groups excluding carboxylic acids is 3. The summed E-state index contributed by atoms with van der Waals surface area (Å²) < 4.78 is 0. The largest absolute Gasteiger partial charge is 0.390 e. The van der Waals surface area contributed by atoms with Crippen molar-refractivity contribution in [3.05, 3.63) is 35.9 Å². The highest BCUT2D eigenvalue weighted by atomic mass is 16.3. The molecule has 9 nitrogen and oxygen atoms in total. The van der Waals surface area contributed by atoms with Crippen LogP contribution in [0.2, 0.25) is 0 Å². The van der Waals surface area contributed by atoms with Gasteiger partial charge in [0.25, 0.3) is 0 Å². The molecule has 6 atom stereocenters. The SMILES string of the molecule is CC(C)(C)NC(=O)C1C[C@H]2CCCC[C@H]2CN1C[C@H](O)C(Cc1ccccc1)NC(=O)C(N)CC(N)=O. The van der Waals surface area contributed by atoms with Gasteiger partial charge < -0.3 is 27.2 Å². The van der Waals surface area contributed by atoms with Crippen LogP contribution < -0.4 is 22.1 Å². The number of hydrogen-bond donors (Lipinski definition) is 5. The van der Waals surface area contributed by atoms with E-state index in [0.717, 1.165) is 31.4 Å². The number of nitrogens with two attached hydrogens (primary N) is 2. The third-order valence-corrected chi connectivity index (χ3v) is 7.57. The number of benzene rings is 1. The molecule has 0 bridgehead atoms. The summed E-state index contributed by atoms with van der Waals surface area (Å²) in [5.41, 5.74) is 11.7. The zero-order valence-corrected chi connectivity index (χ0v) is 22.5. The summed E-state index contributed by atoms with van der Waals surface area (Å²) in [4.78, 5) is 39.5. The predicted octanol–water partition coefficient (Wildman–Crippen LogP) is 1.07. The van der Waals surface area contributed by atoms with Gasteiger partial charge >= 0.3 is 0 Å². The van der Waals surface area contributed by atoms with E-state index in [1.807, 2.05) is 51.1 Å². The van der Waals surface area contributed by atoms with Crippen molar-refractivity contribution in [1.29, 1.82) is 0 Å². The first kappa shape index (κ1) is 29.1. The van der Waals surface area contributed by atoms with Crippen LogP contribution in [0.15, 0.2) is 30.3 Å². The summed E-state index contributed by atoms with van der Waals surface area (Å²) in [6.07, 6.45) is 4.62. The highest BCUT2D eigenvalue weighted by Gasteiger charge is 2.41. The van der Waals surface area contributed by atoms with Crippen LogP contribution in [0.3, 0.4) is 0 Å². The Morgan fingerprint density at radius 2 is 1.76 bits per heavy atom. The number of amides is 3. The van der Waals surface area contributed by atoms with Gasteiger partial charge in [-0.25, -0.2) is 0 Å². The van der Waals surface area contributed by atoms with E-state index in [1.54, 1.807) is 0 Å². The van der Waals surface area contributed by atoms with Crippen LogP contribution in [-0.2, 0) is 20.8 Å². The van der Waals surface area contributed by atoms with Crippen LogP contribution in [-0.4, -0.2) is 70.6 Å². The fourth-order valence-electron chi connectivity index (χ4n) is 5.74. The molecule has 1 aliphatic carbocycles. The zero-order chi connectivity index (χ0) is 27.2. The minimum absolute atomic E-state index is 0.0177. The van der Waals surface area contributed by atoms with Crippen molar-refractivity contribution >= 4 is 17.7 Å². The fraction of sp³-hybridized carbons (Fsp3) is 0.679. The van der Waals surface area contributed by atoms with Gasteiger partial charge in [-0.2, -0.15) is 0 Å². The molecular weight excluding hydrogens is 470 g/mol. The van der Waals surface area contributed by atoms with Gasteiger partial charge in [0.15, 0.2) is 0 Å². The van der Waals surface area contributed by atoms with Crippen molar-refractivity contribution in [2.75, 3.05) is 13.1 Å². The van der Waals surface area contributed by atoms with Crippen molar-refractivity contribution in [1.82, 2.24) is 15.5 Å². The van der Waals surface area contributed by atoms with E-state index in [9.17, 15) is 19.5 Å². The van der Waals surface area contributed by atoms with Crippen molar-refractivity contribution in [3.63, 3.8) is 0 Å². The van der Waals surface area contributed by atoms with Crippen LogP contribution in [0.4, 0.5) is 0 Å². The Balaban J connectivity index is 1.78. The molecule has 37 heavy (non-hydrogen) atoms. The van der Waals surface area contributed by atoms with E-state index in [0.29, 0.717) is 18.3 Å². The topological polar surface area (TPSA) is 151 Å². The summed E-state index contributed by atoms with van der Waals surface area (Å²) in [5.74, 6) is -0.191. The van der Waals surface area contributed by atoms with Crippen LogP contribution in [0.25, 0.3) is 0 Å². The number of aliphatic hydroxyl groups is 1. The lowest BCUT2D eigenvalue weighted by Crippen LogP contribution is -2.60. The number of piperidine rings is 1. The molecule has 1 saturated heterocycles. The third-order valence-electron chi connectivity index (χ3n) is 7.57. The van der Waals surface area contributed by atoms with Crippen molar-refractivity contribution in [2.24, 2.45) is 23.3 Å². The number of β-amino-alcohol motifs (C(OH)–C–C–N with tert-alkyl or cyclic N) is 1. The number of rotatable bonds is 10. The van der Waals surface area contributed by atoms with E-state index >= 15 is 0 Å². The number of likely N-dealkylation sites (tertiary alicyclic amines) is 1. The number of primary amides is 1. The third kappa shape index (κ3) is 8.79. The Bertz CT molecular complexity index is 919. The monoisotopic (exact) mass is 515 g/mol. The van der Waals surface area contributed by atoms with Gasteiger partial charge in [0, 0.05) is 18.6 Å². The van der Waals surface area contributed by atoms with E-state index in [2.05, 4.69) is 15.5 Å². The second-order valence-electron chi connectivity index (χ2n) is 11.9. The Kier molecular flexibility index (Phi) is 10.1. The van der Waals surface area contributed by atoms with E-state index < -0.39 is 30.0 Å². The Labute approximate surface area is 220 Å². The van der Waals surface area contributed by atoms with Crippen LogP contribution in [0.1, 0.15) is 64.9 Å². The molecule has 1 aromatic rings. The Hall–Kier alpha value is -2.49. The van der Waals surface area contributed by atoms with Crippen molar-refractivity contribution < 1.29 is 19.5 Å². The number of carbonyl (C=O) groups is 3. The average Bonchev–Trinajstić information content (AvgIpc) is 2.82. The molecule has 2 fully saturated rings. The van der Waals surface area contributed by atoms with Gasteiger partial charge in [-0.1, -0.05) is 49.6 Å². The molecule has 0 spiro atoms. The average molecular weight is 516 g/mol. The van der Waals surface area contributed by atoms with E-state index in [1.165, 1.54) is 12.8 Å². The minimum atomic E-state index is -1.09.